The predicted octanol–water partition coefficient (Wildman–Crippen LogP) is 6.97. The quantitative estimate of drug-likeness (QED) is 0.0798. The molecule has 308 valence electrons. The first-order valence-corrected chi connectivity index (χ1v) is 19.5. The van der Waals surface area contributed by atoms with Gasteiger partial charge in [0.15, 0.2) is 0 Å². The van der Waals surface area contributed by atoms with E-state index in [1.807, 2.05) is 43.3 Å². The van der Waals surface area contributed by atoms with Crippen LogP contribution >= 0.6 is 0 Å². The maximum absolute atomic E-state index is 14.0. The van der Waals surface area contributed by atoms with Crippen LogP contribution in [0.5, 0.6) is 0 Å². The summed E-state index contributed by atoms with van der Waals surface area (Å²) in [6.07, 6.45) is 2.82. The van der Waals surface area contributed by atoms with Crippen molar-refractivity contribution in [1.82, 2.24) is 40.4 Å². The molecule has 0 bridgehead atoms. The van der Waals surface area contributed by atoms with Crippen LogP contribution in [-0.4, -0.2) is 87.6 Å². The second-order valence-corrected chi connectivity index (χ2v) is 14.2. The highest BCUT2D eigenvalue weighted by Gasteiger charge is 2.29. The first kappa shape index (κ1) is 42.1. The highest BCUT2D eigenvalue weighted by molar-refractivity contribution is 5.91. The van der Waals surface area contributed by atoms with Gasteiger partial charge in [-0.05, 0) is 58.5 Å². The van der Waals surface area contributed by atoms with E-state index in [-0.39, 0.29) is 32.1 Å². The van der Waals surface area contributed by atoms with Crippen LogP contribution in [0, 0.1) is 17.2 Å². The largest absolute Gasteiger partial charge is 0.453 e. The van der Waals surface area contributed by atoms with Crippen molar-refractivity contribution < 1.29 is 28.7 Å². The molecule has 0 aliphatic rings. The number of aromatic nitrogens is 4. The summed E-state index contributed by atoms with van der Waals surface area (Å²) >= 11 is 0. The summed E-state index contributed by atoms with van der Waals surface area (Å²) in [6, 6.07) is 30.7. The lowest BCUT2D eigenvalue weighted by molar-refractivity contribution is -0.134. The molecule has 0 radical (unpaired) electrons. The number of alkyl carbamates (subject to hydrolysis) is 2. The monoisotopic (exact) mass is 809 g/mol. The molecule has 4 aromatic carbocycles. The number of methoxy groups -OCH3 is 2. The van der Waals surface area contributed by atoms with Gasteiger partial charge in [-0.15, -0.1) is 0 Å². The molecule has 15 nitrogen and oxygen atoms in total. The van der Waals surface area contributed by atoms with Crippen LogP contribution in [0.25, 0.3) is 44.4 Å². The topological polar surface area (TPSA) is 198 Å². The zero-order chi connectivity index (χ0) is 42.6. The van der Waals surface area contributed by atoms with Gasteiger partial charge in [-0.25, -0.2) is 19.6 Å². The fourth-order valence-corrected chi connectivity index (χ4v) is 6.77. The first-order valence-electron chi connectivity index (χ1n) is 19.5. The lowest BCUT2D eigenvalue weighted by Crippen LogP contribution is -2.44. The molecule has 60 heavy (non-hydrogen) atoms. The number of nitrogens with one attached hydrogen (secondary N) is 4. The number of hydrogen-bond acceptors (Lipinski definition) is 9. The van der Waals surface area contributed by atoms with Gasteiger partial charge in [0, 0.05) is 18.7 Å². The molecular weight excluding hydrogens is 763 g/mol. The van der Waals surface area contributed by atoms with Crippen LogP contribution in [0.15, 0.2) is 103 Å². The summed E-state index contributed by atoms with van der Waals surface area (Å²) in [5.41, 5.74) is 6.11. The minimum atomic E-state index is -1.02. The number of hydrogen-bond donors (Lipinski definition) is 4. The molecule has 2 aromatic heterocycles. The third-order valence-corrected chi connectivity index (χ3v) is 9.89. The van der Waals surface area contributed by atoms with E-state index >= 15 is 0 Å². The summed E-state index contributed by atoms with van der Waals surface area (Å²) in [6.45, 7) is 4.57. The van der Waals surface area contributed by atoms with Crippen LogP contribution in [-0.2, 0) is 32.2 Å². The summed E-state index contributed by atoms with van der Waals surface area (Å²) < 4.78 is 9.37. The fourth-order valence-electron chi connectivity index (χ4n) is 6.77. The van der Waals surface area contributed by atoms with Crippen molar-refractivity contribution in [3.8, 4) is 39.7 Å². The van der Waals surface area contributed by atoms with Crippen LogP contribution in [0.2, 0.25) is 0 Å². The van der Waals surface area contributed by atoms with Gasteiger partial charge in [0.25, 0.3) is 0 Å². The Bertz CT molecular complexity index is 2470. The molecule has 0 spiro atoms. The van der Waals surface area contributed by atoms with Crippen LogP contribution in [0.1, 0.15) is 43.5 Å². The molecule has 4 amide bonds. The van der Waals surface area contributed by atoms with Gasteiger partial charge in [0.2, 0.25) is 11.8 Å². The number of nitrogens with zero attached hydrogens (tertiary/aromatic N) is 5. The third kappa shape index (κ3) is 10.5. The van der Waals surface area contributed by atoms with E-state index in [9.17, 15) is 24.4 Å². The Morgan fingerprint density at radius 3 is 1.93 bits per heavy atom. The van der Waals surface area contributed by atoms with Gasteiger partial charge in [-0.3, -0.25) is 9.59 Å². The van der Waals surface area contributed by atoms with Crippen molar-refractivity contribution in [2.75, 3.05) is 33.9 Å². The first-order chi connectivity index (χ1) is 29.1. The van der Waals surface area contributed by atoms with Gasteiger partial charge in [0.1, 0.15) is 24.2 Å². The molecule has 15 heteroatoms. The predicted molar refractivity (Wildman–Crippen MR) is 226 cm³/mol. The van der Waals surface area contributed by atoms with E-state index in [2.05, 4.69) is 71.7 Å². The molecule has 1 unspecified atom stereocenters. The van der Waals surface area contributed by atoms with Crippen molar-refractivity contribution >= 4 is 34.8 Å². The number of aromatic amines is 2. The number of carbonyl (C=O) groups is 4. The number of nitriles is 1. The summed E-state index contributed by atoms with van der Waals surface area (Å²) in [4.78, 5) is 69.3. The maximum atomic E-state index is 14.0. The second-order valence-electron chi connectivity index (χ2n) is 14.2. The van der Waals surface area contributed by atoms with E-state index in [1.54, 1.807) is 48.5 Å². The molecule has 6 rings (SSSR count). The number of H-pyrrole nitrogens is 2. The number of imidazole rings is 2. The number of rotatable bonds is 16. The molecule has 4 N–H and O–H groups in total. The Morgan fingerprint density at radius 1 is 0.750 bits per heavy atom. The minimum absolute atomic E-state index is 0.0890. The Balaban J connectivity index is 1.13. The van der Waals surface area contributed by atoms with E-state index in [0.29, 0.717) is 23.8 Å². The van der Waals surface area contributed by atoms with Crippen molar-refractivity contribution in [3.05, 3.63) is 121 Å². The summed E-state index contributed by atoms with van der Waals surface area (Å²) in [7, 11) is 2.49. The fraction of sp³-hybridized carbons (Fsp3) is 0.267. The van der Waals surface area contributed by atoms with Crippen LogP contribution < -0.4 is 10.6 Å². The van der Waals surface area contributed by atoms with Gasteiger partial charge >= 0.3 is 12.2 Å². The molecule has 0 saturated carbocycles. The van der Waals surface area contributed by atoms with Crippen LogP contribution in [0.4, 0.5) is 9.59 Å². The average molecular weight is 810 g/mol. The van der Waals surface area contributed by atoms with E-state index < -0.39 is 30.1 Å². The third-order valence-electron chi connectivity index (χ3n) is 9.89. The van der Waals surface area contributed by atoms with Crippen LogP contribution in [0.3, 0.4) is 0 Å². The zero-order valence-corrected chi connectivity index (χ0v) is 33.9. The van der Waals surface area contributed by atoms with Gasteiger partial charge in [-0.1, -0.05) is 85.8 Å². The molecule has 6 aromatic rings. The standard InChI is InChI=1S/C45H47N9O6/c1-5-19-53(41(55)25-49-44(57)59-3)27-39-48-24-38(51-39)36-18-17-34-20-33(15-16-35(34)21-36)30-11-13-31(14-12-30)37-23-47-40(50-37)28-54(26-29(2)22-46)43(56)42(52-45(58)60-4)32-9-7-6-8-10-32/h6-18,20-21,23-24,29,42H,5,19,25-28H2,1-4H3,(H,47,50)(H,48,51)(H,49,57)(H,52,58)/t29?,42-/m1/s1. The van der Waals surface area contributed by atoms with Crippen molar-refractivity contribution in [2.45, 2.75) is 39.4 Å². The normalized spacial score (nSPS) is 11.8. The number of amides is 4. The van der Waals surface area contributed by atoms with Gasteiger partial charge in [0.05, 0.1) is 63.1 Å². The molecule has 0 aliphatic carbocycles. The van der Waals surface area contributed by atoms with Gasteiger partial charge in [-0.2, -0.15) is 5.26 Å². The second kappa shape index (κ2) is 19.8. The van der Waals surface area contributed by atoms with Crippen molar-refractivity contribution in [3.63, 3.8) is 0 Å². The number of ether oxygens (including phenoxy) is 2. The molecule has 0 fully saturated rings. The molecule has 0 aliphatic heterocycles. The summed E-state index contributed by atoms with van der Waals surface area (Å²) in [5, 5.41) is 16.8. The van der Waals surface area contributed by atoms with Gasteiger partial charge < -0.3 is 39.9 Å². The smallest absolute Gasteiger partial charge is 0.407 e. The van der Waals surface area contributed by atoms with E-state index in [0.717, 1.165) is 50.8 Å². The molecular formula is C45H47N9O6. The lowest BCUT2D eigenvalue weighted by atomic mass is 9.98. The van der Waals surface area contributed by atoms with Crippen molar-refractivity contribution in [2.24, 2.45) is 5.92 Å². The average Bonchev–Trinajstić information content (AvgIpc) is 3.96. The van der Waals surface area contributed by atoms with Crippen molar-refractivity contribution in [1.29, 1.82) is 5.26 Å². The number of fused-ring (bicyclic) bond motifs is 1. The van der Waals surface area contributed by atoms with E-state index in [4.69, 9.17) is 4.74 Å². The zero-order valence-electron chi connectivity index (χ0n) is 33.9. The molecule has 0 saturated heterocycles. The SMILES string of the molecule is CCCN(Cc1ncc(-c2ccc3cc(-c4ccc(-c5cnc(CN(CC(C)C#N)C(=O)[C@H](NC(=O)OC)c6ccccc6)[nH]5)cc4)ccc3c2)[nH]1)C(=O)CNC(=O)OC. The number of benzene rings is 4. The minimum Gasteiger partial charge on any atom is -0.453 e. The highest BCUT2D eigenvalue weighted by Crippen LogP contribution is 2.30. The highest BCUT2D eigenvalue weighted by atomic mass is 16.5. The number of carbonyl (C=O) groups excluding carboxylic acids is 4. The Labute approximate surface area is 347 Å². The molecule has 2 atom stereocenters. The maximum Gasteiger partial charge on any atom is 0.407 e. The Morgan fingerprint density at radius 2 is 1.32 bits per heavy atom. The molecule has 2 heterocycles. The lowest BCUT2D eigenvalue weighted by Gasteiger charge is -2.28. The summed E-state index contributed by atoms with van der Waals surface area (Å²) in [5.74, 6) is 0.0685. The Kier molecular flexibility index (Phi) is 13.9. The Hall–Kier alpha value is -7.47. The van der Waals surface area contributed by atoms with E-state index in [1.165, 1.54) is 19.1 Å².